The van der Waals surface area contributed by atoms with Gasteiger partial charge in [-0.3, -0.25) is 4.90 Å². The topological polar surface area (TPSA) is 41.3 Å². The van der Waals surface area contributed by atoms with Crippen molar-refractivity contribution in [1.29, 1.82) is 0 Å². The van der Waals surface area contributed by atoms with Crippen LogP contribution in [0.1, 0.15) is 19.3 Å². The van der Waals surface area contributed by atoms with Crippen molar-refractivity contribution in [2.75, 3.05) is 24.1 Å². The minimum Gasteiger partial charge on any atom is -0.397 e. The van der Waals surface area contributed by atoms with Gasteiger partial charge in [0.1, 0.15) is 5.82 Å². The molecular formula is C13H17ClFN3. The molecule has 2 fully saturated rings. The van der Waals surface area contributed by atoms with Crippen LogP contribution in [0.3, 0.4) is 0 Å². The van der Waals surface area contributed by atoms with Gasteiger partial charge in [-0.1, -0.05) is 11.6 Å². The lowest BCUT2D eigenvalue weighted by Gasteiger charge is -2.18. The Morgan fingerprint density at radius 3 is 2.83 bits per heavy atom. The van der Waals surface area contributed by atoms with Gasteiger partial charge >= 0.3 is 0 Å². The smallest absolute Gasteiger partial charge is 0.143 e. The molecule has 3 nitrogen and oxygen atoms in total. The highest BCUT2D eigenvalue weighted by Crippen LogP contribution is 2.32. The van der Waals surface area contributed by atoms with Crippen molar-refractivity contribution in [3.63, 3.8) is 0 Å². The van der Waals surface area contributed by atoms with Crippen LogP contribution < -0.4 is 11.1 Å². The lowest BCUT2D eigenvalue weighted by atomic mass is 10.2. The molecule has 2 aliphatic rings. The number of nitrogens with one attached hydrogen (secondary N) is 1. The molecule has 1 aliphatic heterocycles. The summed E-state index contributed by atoms with van der Waals surface area (Å²) >= 11 is 5.68. The van der Waals surface area contributed by atoms with Crippen LogP contribution >= 0.6 is 11.6 Å². The SMILES string of the molecule is Nc1cc(Cl)c(F)cc1NC1CCN(C2CC2)C1. The molecule has 3 rings (SSSR count). The van der Waals surface area contributed by atoms with Crippen molar-refractivity contribution < 1.29 is 4.39 Å². The van der Waals surface area contributed by atoms with Gasteiger partial charge in [0.25, 0.3) is 0 Å². The fourth-order valence-corrected chi connectivity index (χ4v) is 2.76. The van der Waals surface area contributed by atoms with Crippen molar-refractivity contribution in [3.05, 3.63) is 23.0 Å². The first kappa shape index (κ1) is 12.1. The molecule has 0 radical (unpaired) electrons. The highest BCUT2D eigenvalue weighted by atomic mass is 35.5. The summed E-state index contributed by atoms with van der Waals surface area (Å²) in [5, 5.41) is 3.40. The van der Waals surface area contributed by atoms with E-state index in [-0.39, 0.29) is 5.02 Å². The normalized spacial score (nSPS) is 24.4. The molecule has 0 spiro atoms. The molecule has 1 saturated carbocycles. The maximum atomic E-state index is 13.4. The highest BCUT2D eigenvalue weighted by Gasteiger charge is 2.34. The third kappa shape index (κ3) is 2.40. The molecule has 5 heteroatoms. The molecule has 1 saturated heterocycles. The Labute approximate surface area is 111 Å². The number of likely N-dealkylation sites (tertiary alicyclic amines) is 1. The molecule has 18 heavy (non-hydrogen) atoms. The Morgan fingerprint density at radius 1 is 1.33 bits per heavy atom. The molecule has 1 atom stereocenters. The molecule has 0 aromatic heterocycles. The van der Waals surface area contributed by atoms with Gasteiger partial charge in [-0.25, -0.2) is 4.39 Å². The first-order chi connectivity index (χ1) is 8.63. The largest absolute Gasteiger partial charge is 0.397 e. The average molecular weight is 270 g/mol. The number of hydrogen-bond donors (Lipinski definition) is 2. The standard InChI is InChI=1S/C13H17ClFN3/c14-10-5-12(16)13(6-11(10)15)17-8-3-4-18(7-8)9-1-2-9/h5-6,8-9,17H,1-4,7,16H2. The molecule has 1 aromatic carbocycles. The lowest BCUT2D eigenvalue weighted by molar-refractivity contribution is 0.326. The zero-order chi connectivity index (χ0) is 12.7. The monoisotopic (exact) mass is 269 g/mol. The number of rotatable bonds is 3. The quantitative estimate of drug-likeness (QED) is 0.829. The number of anilines is 2. The summed E-state index contributed by atoms with van der Waals surface area (Å²) < 4.78 is 13.4. The molecule has 0 bridgehead atoms. The van der Waals surface area contributed by atoms with E-state index >= 15 is 0 Å². The van der Waals surface area contributed by atoms with Crippen LogP contribution in [-0.4, -0.2) is 30.1 Å². The number of nitrogen functional groups attached to an aromatic ring is 1. The number of hydrogen-bond acceptors (Lipinski definition) is 3. The average Bonchev–Trinajstić information content (AvgIpc) is 3.07. The Hall–Kier alpha value is -1.00. The summed E-state index contributed by atoms with van der Waals surface area (Å²) in [6, 6.07) is 3.99. The van der Waals surface area contributed by atoms with Gasteiger partial charge in [0, 0.05) is 31.2 Å². The van der Waals surface area contributed by atoms with Crippen molar-refractivity contribution in [2.24, 2.45) is 0 Å². The van der Waals surface area contributed by atoms with E-state index < -0.39 is 5.82 Å². The first-order valence-electron chi connectivity index (χ1n) is 6.38. The van der Waals surface area contributed by atoms with Crippen molar-refractivity contribution in [1.82, 2.24) is 4.90 Å². The van der Waals surface area contributed by atoms with Crippen LogP contribution in [0.15, 0.2) is 12.1 Å². The molecule has 98 valence electrons. The Balaban J connectivity index is 1.67. The fraction of sp³-hybridized carbons (Fsp3) is 0.538. The summed E-state index contributed by atoms with van der Waals surface area (Å²) in [6.45, 7) is 2.15. The Kier molecular flexibility index (Phi) is 3.08. The van der Waals surface area contributed by atoms with Crippen LogP contribution in [0.25, 0.3) is 0 Å². The molecule has 3 N–H and O–H groups in total. The van der Waals surface area contributed by atoms with Gasteiger partial charge in [0.05, 0.1) is 16.4 Å². The summed E-state index contributed by atoms with van der Waals surface area (Å²) in [5.74, 6) is -0.426. The third-order valence-corrected chi connectivity index (χ3v) is 4.02. The minimum atomic E-state index is -0.426. The van der Waals surface area contributed by atoms with Crippen LogP contribution in [0.2, 0.25) is 5.02 Å². The molecule has 1 unspecified atom stereocenters. The van der Waals surface area contributed by atoms with E-state index in [0.29, 0.717) is 17.4 Å². The minimum absolute atomic E-state index is 0.0732. The maximum absolute atomic E-state index is 13.4. The summed E-state index contributed by atoms with van der Waals surface area (Å²) in [6.07, 6.45) is 3.73. The molecule has 0 amide bonds. The van der Waals surface area contributed by atoms with Crippen LogP contribution in [0.5, 0.6) is 0 Å². The van der Waals surface area contributed by atoms with E-state index in [1.165, 1.54) is 25.0 Å². The number of nitrogens with two attached hydrogens (primary N) is 1. The van der Waals surface area contributed by atoms with Gasteiger partial charge in [0.15, 0.2) is 0 Å². The van der Waals surface area contributed by atoms with E-state index in [9.17, 15) is 4.39 Å². The zero-order valence-corrected chi connectivity index (χ0v) is 10.9. The predicted octanol–water partition coefficient (Wildman–Crippen LogP) is 2.71. The van der Waals surface area contributed by atoms with E-state index in [1.807, 2.05) is 0 Å². The Bertz CT molecular complexity index is 462. The van der Waals surface area contributed by atoms with Gasteiger partial charge < -0.3 is 11.1 Å². The summed E-state index contributed by atoms with van der Waals surface area (Å²) in [7, 11) is 0. The molecule has 1 aromatic rings. The zero-order valence-electron chi connectivity index (χ0n) is 10.1. The lowest BCUT2D eigenvalue weighted by Crippen LogP contribution is -2.28. The number of benzene rings is 1. The second-order valence-corrected chi connectivity index (χ2v) is 5.62. The molecular weight excluding hydrogens is 253 g/mol. The summed E-state index contributed by atoms with van der Waals surface area (Å²) in [4.78, 5) is 2.50. The van der Waals surface area contributed by atoms with E-state index in [2.05, 4.69) is 10.2 Å². The van der Waals surface area contributed by atoms with Crippen LogP contribution in [0, 0.1) is 5.82 Å². The van der Waals surface area contributed by atoms with Crippen molar-refractivity contribution in [2.45, 2.75) is 31.3 Å². The second kappa shape index (κ2) is 4.59. The molecule has 1 heterocycles. The van der Waals surface area contributed by atoms with E-state index in [0.717, 1.165) is 25.6 Å². The van der Waals surface area contributed by atoms with Crippen LogP contribution in [0.4, 0.5) is 15.8 Å². The van der Waals surface area contributed by atoms with Gasteiger partial charge in [-0.2, -0.15) is 0 Å². The maximum Gasteiger partial charge on any atom is 0.143 e. The number of halogens is 2. The van der Waals surface area contributed by atoms with Gasteiger partial charge in [-0.05, 0) is 25.3 Å². The van der Waals surface area contributed by atoms with E-state index in [1.54, 1.807) is 0 Å². The number of nitrogens with zero attached hydrogens (tertiary/aromatic N) is 1. The Morgan fingerprint density at radius 2 is 2.11 bits per heavy atom. The fourth-order valence-electron chi connectivity index (χ4n) is 2.58. The molecule has 1 aliphatic carbocycles. The van der Waals surface area contributed by atoms with E-state index in [4.69, 9.17) is 17.3 Å². The third-order valence-electron chi connectivity index (χ3n) is 3.74. The van der Waals surface area contributed by atoms with Gasteiger partial charge in [-0.15, -0.1) is 0 Å². The van der Waals surface area contributed by atoms with Crippen molar-refractivity contribution in [3.8, 4) is 0 Å². The first-order valence-corrected chi connectivity index (χ1v) is 6.76. The van der Waals surface area contributed by atoms with Crippen molar-refractivity contribution >= 4 is 23.0 Å². The predicted molar refractivity (Wildman–Crippen MR) is 72.4 cm³/mol. The van der Waals surface area contributed by atoms with Crippen LogP contribution in [-0.2, 0) is 0 Å². The second-order valence-electron chi connectivity index (χ2n) is 5.21. The highest BCUT2D eigenvalue weighted by molar-refractivity contribution is 6.31. The summed E-state index contributed by atoms with van der Waals surface area (Å²) in [5.41, 5.74) is 7.01. The van der Waals surface area contributed by atoms with Gasteiger partial charge in [0.2, 0.25) is 0 Å².